The first-order valence-corrected chi connectivity index (χ1v) is 8.15. The van der Waals surface area contributed by atoms with Crippen LogP contribution in [0.3, 0.4) is 0 Å². The average Bonchev–Trinajstić information content (AvgIpc) is 2.57. The highest BCUT2D eigenvalue weighted by Gasteiger charge is 2.20. The summed E-state index contributed by atoms with van der Waals surface area (Å²) in [5, 5.41) is 0. The van der Waals surface area contributed by atoms with Gasteiger partial charge in [0.25, 0.3) is 0 Å². The number of carbonyl (C=O) groups is 1. The van der Waals surface area contributed by atoms with Gasteiger partial charge in [-0.3, -0.25) is 4.79 Å². The fraction of sp³-hybridized carbons (Fsp3) is 0.250. The standard InChI is InChI=1S/C20H22N2O/c21-14-6-5-11-20(23)22-15-18-9-2-1-7-16(18)12-13-17-8-3-4-10-19(17)22/h1-4,7-10,12-13H,5-6,11,14-15,21H2/b13-12-. The Labute approximate surface area is 137 Å². The molecule has 1 aliphatic heterocycles. The van der Waals surface area contributed by atoms with E-state index in [0.29, 0.717) is 19.5 Å². The number of para-hydroxylation sites is 1. The molecular weight excluding hydrogens is 284 g/mol. The normalized spacial score (nSPS) is 14.4. The van der Waals surface area contributed by atoms with Gasteiger partial charge in [-0.05, 0) is 42.1 Å². The molecule has 0 aliphatic carbocycles. The average molecular weight is 306 g/mol. The van der Waals surface area contributed by atoms with Gasteiger partial charge in [0, 0.05) is 6.42 Å². The highest BCUT2D eigenvalue weighted by atomic mass is 16.2. The van der Waals surface area contributed by atoms with Gasteiger partial charge in [-0.1, -0.05) is 54.6 Å². The van der Waals surface area contributed by atoms with Crippen LogP contribution < -0.4 is 10.6 Å². The highest BCUT2D eigenvalue weighted by Crippen LogP contribution is 2.29. The van der Waals surface area contributed by atoms with E-state index in [-0.39, 0.29) is 5.91 Å². The molecule has 1 aliphatic rings. The number of nitrogens with two attached hydrogens (primary N) is 1. The third kappa shape index (κ3) is 3.51. The molecule has 2 aromatic rings. The number of unbranched alkanes of at least 4 members (excludes halogenated alkanes) is 1. The van der Waals surface area contributed by atoms with Gasteiger partial charge < -0.3 is 10.6 Å². The van der Waals surface area contributed by atoms with Crippen LogP contribution in [-0.4, -0.2) is 12.5 Å². The van der Waals surface area contributed by atoms with Gasteiger partial charge in [0.2, 0.25) is 5.91 Å². The Hall–Kier alpha value is -2.39. The molecule has 3 nitrogen and oxygen atoms in total. The number of hydrogen-bond donors (Lipinski definition) is 1. The summed E-state index contributed by atoms with van der Waals surface area (Å²) in [4.78, 5) is 14.7. The molecule has 0 atom stereocenters. The van der Waals surface area contributed by atoms with Crippen molar-refractivity contribution >= 4 is 23.7 Å². The van der Waals surface area contributed by atoms with E-state index in [4.69, 9.17) is 5.73 Å². The first-order chi connectivity index (χ1) is 11.3. The zero-order valence-corrected chi connectivity index (χ0v) is 13.2. The maximum Gasteiger partial charge on any atom is 0.227 e. The summed E-state index contributed by atoms with van der Waals surface area (Å²) in [6.45, 7) is 1.24. The number of nitrogens with zero attached hydrogens (tertiary/aromatic N) is 1. The Kier molecular flexibility index (Phi) is 4.89. The zero-order chi connectivity index (χ0) is 16.1. The summed E-state index contributed by atoms with van der Waals surface area (Å²) >= 11 is 0. The van der Waals surface area contributed by atoms with Gasteiger partial charge in [-0.25, -0.2) is 0 Å². The lowest BCUT2D eigenvalue weighted by molar-refractivity contribution is -0.118. The third-order valence-corrected chi connectivity index (χ3v) is 4.20. The second kappa shape index (κ2) is 7.25. The van der Waals surface area contributed by atoms with E-state index >= 15 is 0 Å². The van der Waals surface area contributed by atoms with E-state index in [0.717, 1.165) is 24.1 Å². The van der Waals surface area contributed by atoms with Crippen molar-refractivity contribution in [2.24, 2.45) is 5.73 Å². The Balaban J connectivity index is 1.97. The van der Waals surface area contributed by atoms with Crippen LogP contribution in [-0.2, 0) is 11.3 Å². The van der Waals surface area contributed by atoms with Crippen LogP contribution in [0, 0.1) is 0 Å². The molecule has 0 saturated heterocycles. The number of carbonyl (C=O) groups excluding carboxylic acids is 1. The summed E-state index contributed by atoms with van der Waals surface area (Å²) < 4.78 is 0. The quantitative estimate of drug-likeness (QED) is 0.873. The molecule has 3 rings (SSSR count). The Morgan fingerprint density at radius 1 is 0.957 bits per heavy atom. The van der Waals surface area contributed by atoms with Crippen molar-refractivity contribution in [2.45, 2.75) is 25.8 Å². The van der Waals surface area contributed by atoms with Gasteiger partial charge in [0.05, 0.1) is 12.2 Å². The third-order valence-electron chi connectivity index (χ3n) is 4.20. The zero-order valence-electron chi connectivity index (χ0n) is 13.2. The smallest absolute Gasteiger partial charge is 0.227 e. The van der Waals surface area contributed by atoms with E-state index in [9.17, 15) is 4.79 Å². The number of hydrogen-bond acceptors (Lipinski definition) is 2. The molecule has 0 spiro atoms. The Morgan fingerprint density at radius 2 is 1.65 bits per heavy atom. The fourth-order valence-electron chi connectivity index (χ4n) is 2.93. The monoisotopic (exact) mass is 306 g/mol. The van der Waals surface area contributed by atoms with E-state index in [1.165, 1.54) is 11.1 Å². The first-order valence-electron chi connectivity index (χ1n) is 8.15. The van der Waals surface area contributed by atoms with Gasteiger partial charge in [-0.2, -0.15) is 0 Å². The van der Waals surface area contributed by atoms with Gasteiger partial charge in [-0.15, -0.1) is 0 Å². The molecule has 3 heteroatoms. The highest BCUT2D eigenvalue weighted by molar-refractivity contribution is 5.97. The minimum absolute atomic E-state index is 0.163. The molecule has 0 radical (unpaired) electrons. The van der Waals surface area contributed by atoms with Crippen LogP contribution in [0.25, 0.3) is 12.2 Å². The summed E-state index contributed by atoms with van der Waals surface area (Å²) in [5.41, 5.74) is 9.94. The SMILES string of the molecule is NCCCCC(=O)N1Cc2ccccc2/C=C\c2ccccc21. The van der Waals surface area contributed by atoms with Crippen LogP contribution in [0.15, 0.2) is 48.5 Å². The molecule has 1 heterocycles. The predicted octanol–water partition coefficient (Wildman–Crippen LogP) is 3.83. The number of rotatable bonds is 4. The number of fused-ring (bicyclic) bond motifs is 2. The lowest BCUT2D eigenvalue weighted by Gasteiger charge is -2.27. The van der Waals surface area contributed by atoms with Crippen molar-refractivity contribution < 1.29 is 4.79 Å². The second-order valence-corrected chi connectivity index (χ2v) is 5.82. The van der Waals surface area contributed by atoms with Crippen LogP contribution in [0.2, 0.25) is 0 Å². The van der Waals surface area contributed by atoms with Gasteiger partial charge >= 0.3 is 0 Å². The summed E-state index contributed by atoms with van der Waals surface area (Å²) in [5.74, 6) is 0.163. The molecule has 0 bridgehead atoms. The largest absolute Gasteiger partial charge is 0.330 e. The topological polar surface area (TPSA) is 46.3 Å². The van der Waals surface area contributed by atoms with E-state index in [1.807, 2.05) is 35.2 Å². The van der Waals surface area contributed by atoms with Gasteiger partial charge in [0.15, 0.2) is 0 Å². The predicted molar refractivity (Wildman–Crippen MR) is 95.9 cm³/mol. The summed E-state index contributed by atoms with van der Waals surface area (Å²) in [6, 6.07) is 16.3. The lowest BCUT2D eigenvalue weighted by atomic mass is 10.0. The second-order valence-electron chi connectivity index (χ2n) is 5.82. The van der Waals surface area contributed by atoms with Crippen molar-refractivity contribution in [3.05, 3.63) is 65.2 Å². The molecule has 0 fully saturated rings. The van der Waals surface area contributed by atoms with E-state index in [2.05, 4.69) is 30.4 Å². The molecule has 118 valence electrons. The van der Waals surface area contributed by atoms with Crippen LogP contribution in [0.5, 0.6) is 0 Å². The first kappa shape index (κ1) is 15.5. The molecule has 0 aromatic heterocycles. The van der Waals surface area contributed by atoms with Crippen molar-refractivity contribution in [3.63, 3.8) is 0 Å². The Bertz CT molecular complexity index is 721. The van der Waals surface area contributed by atoms with Crippen molar-refractivity contribution in [3.8, 4) is 0 Å². The molecule has 0 unspecified atom stereocenters. The molecule has 0 saturated carbocycles. The number of anilines is 1. The molecule has 2 N–H and O–H groups in total. The van der Waals surface area contributed by atoms with Crippen LogP contribution in [0.4, 0.5) is 5.69 Å². The van der Waals surface area contributed by atoms with Crippen LogP contribution >= 0.6 is 0 Å². The maximum atomic E-state index is 12.8. The van der Waals surface area contributed by atoms with Gasteiger partial charge in [0.1, 0.15) is 0 Å². The van der Waals surface area contributed by atoms with E-state index in [1.54, 1.807) is 0 Å². The molecule has 2 aromatic carbocycles. The molecule has 23 heavy (non-hydrogen) atoms. The fourth-order valence-corrected chi connectivity index (χ4v) is 2.93. The number of amides is 1. The van der Waals surface area contributed by atoms with Crippen molar-refractivity contribution in [2.75, 3.05) is 11.4 Å². The number of benzene rings is 2. The molecular formula is C20H22N2O. The minimum atomic E-state index is 0.163. The van der Waals surface area contributed by atoms with Crippen molar-refractivity contribution in [1.29, 1.82) is 0 Å². The maximum absolute atomic E-state index is 12.8. The summed E-state index contributed by atoms with van der Waals surface area (Å²) in [6.07, 6.45) is 6.48. The summed E-state index contributed by atoms with van der Waals surface area (Å²) in [7, 11) is 0. The molecule has 1 amide bonds. The lowest BCUT2D eigenvalue weighted by Crippen LogP contribution is -2.31. The van der Waals surface area contributed by atoms with Crippen LogP contribution in [0.1, 0.15) is 36.0 Å². The van der Waals surface area contributed by atoms with Crippen molar-refractivity contribution in [1.82, 2.24) is 0 Å². The minimum Gasteiger partial charge on any atom is -0.330 e. The van der Waals surface area contributed by atoms with E-state index < -0.39 is 0 Å². The Morgan fingerprint density at radius 3 is 2.48 bits per heavy atom.